The second-order valence-corrected chi connectivity index (χ2v) is 7.46. The van der Waals surface area contributed by atoms with Crippen molar-refractivity contribution >= 4 is 5.91 Å². The minimum absolute atomic E-state index is 0.0679. The Morgan fingerprint density at radius 2 is 1.81 bits per heavy atom. The van der Waals surface area contributed by atoms with E-state index in [0.29, 0.717) is 17.7 Å². The number of nitrogens with two attached hydrogens (primary N) is 1. The summed E-state index contributed by atoms with van der Waals surface area (Å²) in [7, 11) is 0. The molecule has 1 unspecified atom stereocenters. The van der Waals surface area contributed by atoms with Crippen LogP contribution < -0.4 is 11.1 Å². The number of halogens is 3. The van der Waals surface area contributed by atoms with E-state index >= 15 is 0 Å². The first kappa shape index (κ1) is 22.5. The van der Waals surface area contributed by atoms with E-state index in [-0.39, 0.29) is 18.1 Å². The molecule has 0 aliphatic carbocycles. The van der Waals surface area contributed by atoms with Crippen LogP contribution in [0.25, 0.3) is 11.3 Å². The van der Waals surface area contributed by atoms with Gasteiger partial charge in [0, 0.05) is 18.7 Å². The highest BCUT2D eigenvalue weighted by atomic mass is 19.4. The molecule has 0 spiro atoms. The zero-order chi connectivity index (χ0) is 22.6. The van der Waals surface area contributed by atoms with Crippen molar-refractivity contribution in [2.45, 2.75) is 39.0 Å². The Bertz CT molecular complexity index is 1060. The topological polar surface area (TPSA) is 68.0 Å². The predicted molar refractivity (Wildman–Crippen MR) is 114 cm³/mol. The average molecular weight is 427 g/mol. The van der Waals surface area contributed by atoms with Gasteiger partial charge in [0.15, 0.2) is 0 Å². The van der Waals surface area contributed by atoms with E-state index in [9.17, 15) is 18.0 Å². The third-order valence-electron chi connectivity index (χ3n) is 5.12. The van der Waals surface area contributed by atoms with Crippen LogP contribution in [0.5, 0.6) is 0 Å². The number of aryl methyl sites for hydroxylation is 1. The molecule has 1 atom stereocenters. The van der Waals surface area contributed by atoms with Crippen molar-refractivity contribution in [3.8, 4) is 11.3 Å². The second-order valence-electron chi connectivity index (χ2n) is 7.46. The quantitative estimate of drug-likeness (QED) is 0.585. The summed E-state index contributed by atoms with van der Waals surface area (Å²) in [5, 5.41) is 2.82. The Hall–Kier alpha value is -3.19. The van der Waals surface area contributed by atoms with Crippen LogP contribution in [0.15, 0.2) is 60.7 Å². The van der Waals surface area contributed by atoms with Crippen LogP contribution in [0.4, 0.5) is 13.2 Å². The highest BCUT2D eigenvalue weighted by molar-refractivity contribution is 5.83. The zero-order valence-electron chi connectivity index (χ0n) is 17.3. The normalized spacial score (nSPS) is 12.5. The summed E-state index contributed by atoms with van der Waals surface area (Å²) < 4.78 is 39.6. The Morgan fingerprint density at radius 1 is 1.10 bits per heavy atom. The van der Waals surface area contributed by atoms with Gasteiger partial charge in [-0.05, 0) is 42.7 Å². The summed E-state index contributed by atoms with van der Waals surface area (Å²) in [6, 6.07) is 16.9. The maximum Gasteiger partial charge on any atom is 0.433 e. The molecule has 3 aromatic rings. The molecule has 1 aromatic heterocycles. The van der Waals surface area contributed by atoms with E-state index in [1.165, 1.54) is 6.07 Å². The summed E-state index contributed by atoms with van der Waals surface area (Å²) >= 11 is 0. The lowest BCUT2D eigenvalue weighted by Gasteiger charge is -2.16. The van der Waals surface area contributed by atoms with E-state index in [0.717, 1.165) is 22.8 Å². The van der Waals surface area contributed by atoms with Gasteiger partial charge in [-0.2, -0.15) is 13.2 Å². The van der Waals surface area contributed by atoms with E-state index in [2.05, 4.69) is 10.3 Å². The first-order valence-corrected chi connectivity index (χ1v) is 9.90. The fourth-order valence-corrected chi connectivity index (χ4v) is 3.26. The number of rotatable bonds is 6. The molecule has 1 heterocycles. The fourth-order valence-electron chi connectivity index (χ4n) is 3.26. The molecule has 0 radical (unpaired) electrons. The van der Waals surface area contributed by atoms with Crippen LogP contribution in [0.1, 0.15) is 40.8 Å². The van der Waals surface area contributed by atoms with Gasteiger partial charge in [0.2, 0.25) is 5.91 Å². The van der Waals surface area contributed by atoms with Crippen molar-refractivity contribution in [3.05, 3.63) is 88.6 Å². The molecule has 4 nitrogen and oxygen atoms in total. The molecular weight excluding hydrogens is 403 g/mol. The molecule has 0 aliphatic rings. The van der Waals surface area contributed by atoms with Gasteiger partial charge in [-0.15, -0.1) is 0 Å². The highest BCUT2D eigenvalue weighted by Gasteiger charge is 2.33. The van der Waals surface area contributed by atoms with Crippen LogP contribution in [0, 0.1) is 6.92 Å². The van der Waals surface area contributed by atoms with Gasteiger partial charge in [0.05, 0.1) is 11.6 Å². The number of carbonyl (C=O) groups excluding carboxylic acids is 1. The molecule has 0 aliphatic heterocycles. The zero-order valence-corrected chi connectivity index (χ0v) is 17.3. The van der Waals surface area contributed by atoms with Gasteiger partial charge in [0.1, 0.15) is 5.69 Å². The fraction of sp³-hybridized carbons (Fsp3) is 0.250. The third-order valence-corrected chi connectivity index (χ3v) is 5.12. The SMILES string of the molecule is Cc1cccc(-c2nc(C(F)(F)F)ccc2CNC(=O)C(C)c2ccc(CN)cc2)c1. The number of aromatic nitrogens is 1. The van der Waals surface area contributed by atoms with Crippen molar-refractivity contribution in [3.63, 3.8) is 0 Å². The number of amides is 1. The maximum atomic E-state index is 13.2. The Morgan fingerprint density at radius 3 is 2.42 bits per heavy atom. The summed E-state index contributed by atoms with van der Waals surface area (Å²) in [6.45, 7) is 4.12. The molecule has 3 rings (SSSR count). The van der Waals surface area contributed by atoms with Gasteiger partial charge in [-0.25, -0.2) is 4.98 Å². The smallest absolute Gasteiger partial charge is 0.351 e. The molecular formula is C24H24F3N3O. The molecule has 0 saturated carbocycles. The summed E-state index contributed by atoms with van der Waals surface area (Å²) in [5.41, 5.74) is 8.63. The molecule has 0 fully saturated rings. The van der Waals surface area contributed by atoms with Crippen molar-refractivity contribution in [2.24, 2.45) is 5.73 Å². The van der Waals surface area contributed by atoms with E-state index < -0.39 is 17.8 Å². The summed E-state index contributed by atoms with van der Waals surface area (Å²) in [4.78, 5) is 16.5. The molecule has 162 valence electrons. The van der Waals surface area contributed by atoms with Crippen LogP contribution in [-0.2, 0) is 24.1 Å². The van der Waals surface area contributed by atoms with E-state index in [4.69, 9.17) is 5.73 Å². The number of nitrogens with one attached hydrogen (secondary N) is 1. The molecule has 3 N–H and O–H groups in total. The predicted octanol–water partition coefficient (Wildman–Crippen LogP) is 4.95. The minimum Gasteiger partial charge on any atom is -0.351 e. The Balaban J connectivity index is 1.83. The number of alkyl halides is 3. The van der Waals surface area contributed by atoms with Crippen molar-refractivity contribution in [1.82, 2.24) is 10.3 Å². The number of pyridine rings is 1. The van der Waals surface area contributed by atoms with E-state index in [1.807, 2.05) is 37.3 Å². The molecule has 1 amide bonds. The number of benzene rings is 2. The standard InChI is InChI=1S/C24H24F3N3O/c1-15-4-3-5-19(12-15)22-20(10-11-21(30-22)24(25,26)27)14-29-23(31)16(2)18-8-6-17(13-28)7-9-18/h3-12,16H,13-14,28H2,1-2H3,(H,29,31). The second kappa shape index (κ2) is 9.31. The lowest BCUT2D eigenvalue weighted by atomic mass is 9.98. The first-order valence-electron chi connectivity index (χ1n) is 9.90. The minimum atomic E-state index is -4.55. The van der Waals surface area contributed by atoms with Gasteiger partial charge in [-0.1, -0.05) is 54.1 Å². The van der Waals surface area contributed by atoms with Crippen molar-refractivity contribution in [1.29, 1.82) is 0 Å². The lowest BCUT2D eigenvalue weighted by molar-refractivity contribution is -0.141. The average Bonchev–Trinajstić information content (AvgIpc) is 2.76. The Kier molecular flexibility index (Phi) is 6.75. The lowest BCUT2D eigenvalue weighted by Crippen LogP contribution is -2.28. The third kappa shape index (κ3) is 5.49. The summed E-state index contributed by atoms with van der Waals surface area (Å²) in [6.07, 6.45) is -4.55. The van der Waals surface area contributed by atoms with Crippen LogP contribution in [0.3, 0.4) is 0 Å². The van der Waals surface area contributed by atoms with Gasteiger partial charge in [0.25, 0.3) is 0 Å². The van der Waals surface area contributed by atoms with Gasteiger partial charge < -0.3 is 11.1 Å². The van der Waals surface area contributed by atoms with Crippen molar-refractivity contribution < 1.29 is 18.0 Å². The largest absolute Gasteiger partial charge is 0.433 e. The van der Waals surface area contributed by atoms with Gasteiger partial charge in [-0.3, -0.25) is 4.79 Å². The molecule has 0 saturated heterocycles. The number of nitrogens with zero attached hydrogens (tertiary/aromatic N) is 1. The van der Waals surface area contributed by atoms with Gasteiger partial charge >= 0.3 is 6.18 Å². The Labute approximate surface area is 179 Å². The maximum absolute atomic E-state index is 13.2. The molecule has 2 aromatic carbocycles. The molecule has 31 heavy (non-hydrogen) atoms. The van der Waals surface area contributed by atoms with Crippen LogP contribution in [0.2, 0.25) is 0 Å². The first-order chi connectivity index (χ1) is 14.7. The molecule has 0 bridgehead atoms. The van der Waals surface area contributed by atoms with Crippen LogP contribution in [-0.4, -0.2) is 10.9 Å². The summed E-state index contributed by atoms with van der Waals surface area (Å²) in [5.74, 6) is -0.646. The van der Waals surface area contributed by atoms with Crippen LogP contribution >= 0.6 is 0 Å². The number of hydrogen-bond acceptors (Lipinski definition) is 3. The highest BCUT2D eigenvalue weighted by Crippen LogP contribution is 2.31. The van der Waals surface area contributed by atoms with E-state index in [1.54, 1.807) is 25.1 Å². The molecule has 7 heteroatoms. The monoisotopic (exact) mass is 427 g/mol. The number of hydrogen-bond donors (Lipinski definition) is 2. The number of carbonyl (C=O) groups is 1. The van der Waals surface area contributed by atoms with Crippen molar-refractivity contribution in [2.75, 3.05) is 0 Å².